The summed E-state index contributed by atoms with van der Waals surface area (Å²) in [5.74, 6) is -0.885. The zero-order valence-electron chi connectivity index (χ0n) is 16.0. The summed E-state index contributed by atoms with van der Waals surface area (Å²) >= 11 is 0. The van der Waals surface area contributed by atoms with Crippen LogP contribution in [0.1, 0.15) is 40.7 Å². The van der Waals surface area contributed by atoms with E-state index in [0.29, 0.717) is 38.1 Å². The molecular weight excluding hydrogens is 354 g/mol. The number of carbonyl (C=O) groups is 2. The Kier molecular flexibility index (Phi) is 7.20. The van der Waals surface area contributed by atoms with E-state index in [2.05, 4.69) is 12.1 Å². The molecule has 3 rings (SSSR count). The molecule has 0 aromatic heterocycles. The molecule has 2 aromatic carbocycles. The van der Waals surface area contributed by atoms with Crippen LogP contribution in [0.4, 0.5) is 0 Å². The lowest BCUT2D eigenvalue weighted by molar-refractivity contribution is -0.130. The molecule has 1 fully saturated rings. The van der Waals surface area contributed by atoms with Crippen molar-refractivity contribution in [2.24, 2.45) is 0 Å². The molecule has 5 heteroatoms. The summed E-state index contributed by atoms with van der Waals surface area (Å²) in [5, 5.41) is 9.24. The Morgan fingerprint density at radius 1 is 1.04 bits per heavy atom. The number of benzene rings is 2. The molecule has 1 N–H and O–H groups in total. The SMILES string of the molecule is O=C(O)c1ccccc1CCC(=O)N1CCC(OCCCc2ccccc2)C1. The molecule has 0 radical (unpaired) electrons. The number of likely N-dealkylation sites (tertiary alicyclic amines) is 1. The minimum Gasteiger partial charge on any atom is -0.478 e. The van der Waals surface area contributed by atoms with Gasteiger partial charge >= 0.3 is 5.97 Å². The third kappa shape index (κ3) is 5.67. The Balaban J connectivity index is 1.38. The molecule has 1 aliphatic heterocycles. The van der Waals surface area contributed by atoms with Gasteiger partial charge in [-0.25, -0.2) is 4.79 Å². The van der Waals surface area contributed by atoms with Crippen LogP contribution in [-0.4, -0.2) is 47.7 Å². The molecule has 5 nitrogen and oxygen atoms in total. The Labute approximate surface area is 165 Å². The number of hydrogen-bond acceptors (Lipinski definition) is 3. The van der Waals surface area contributed by atoms with E-state index in [9.17, 15) is 14.7 Å². The van der Waals surface area contributed by atoms with Crippen LogP contribution >= 0.6 is 0 Å². The van der Waals surface area contributed by atoms with Gasteiger partial charge in [-0.2, -0.15) is 0 Å². The van der Waals surface area contributed by atoms with Crippen molar-refractivity contribution in [3.8, 4) is 0 Å². The van der Waals surface area contributed by atoms with Gasteiger partial charge < -0.3 is 14.7 Å². The van der Waals surface area contributed by atoms with Crippen LogP contribution in [0, 0.1) is 0 Å². The molecule has 0 spiro atoms. The molecular formula is C23H27NO4. The summed E-state index contributed by atoms with van der Waals surface area (Å²) in [5.41, 5.74) is 2.29. The van der Waals surface area contributed by atoms with Crippen LogP contribution in [0.25, 0.3) is 0 Å². The van der Waals surface area contributed by atoms with Crippen molar-refractivity contribution < 1.29 is 19.4 Å². The highest BCUT2D eigenvalue weighted by molar-refractivity contribution is 5.89. The van der Waals surface area contributed by atoms with Crippen molar-refractivity contribution in [3.63, 3.8) is 0 Å². The normalized spacial score (nSPS) is 16.3. The maximum absolute atomic E-state index is 12.5. The summed E-state index contributed by atoms with van der Waals surface area (Å²) in [6, 6.07) is 17.2. The van der Waals surface area contributed by atoms with Crippen molar-refractivity contribution in [3.05, 3.63) is 71.3 Å². The predicted molar refractivity (Wildman–Crippen MR) is 107 cm³/mol. The van der Waals surface area contributed by atoms with Gasteiger partial charge in [-0.15, -0.1) is 0 Å². The second-order valence-electron chi connectivity index (χ2n) is 7.17. The number of rotatable bonds is 9. The predicted octanol–water partition coefficient (Wildman–Crippen LogP) is 3.57. The van der Waals surface area contributed by atoms with E-state index in [-0.39, 0.29) is 17.6 Å². The lowest BCUT2D eigenvalue weighted by Crippen LogP contribution is -2.30. The average Bonchev–Trinajstić information content (AvgIpc) is 3.19. The lowest BCUT2D eigenvalue weighted by atomic mass is 10.0. The number of carbonyl (C=O) groups excluding carboxylic acids is 1. The van der Waals surface area contributed by atoms with Gasteiger partial charge in [0.1, 0.15) is 0 Å². The minimum atomic E-state index is -0.951. The maximum Gasteiger partial charge on any atom is 0.335 e. The molecule has 0 bridgehead atoms. The monoisotopic (exact) mass is 381 g/mol. The molecule has 1 amide bonds. The lowest BCUT2D eigenvalue weighted by Gasteiger charge is -2.17. The van der Waals surface area contributed by atoms with Crippen LogP contribution in [0.5, 0.6) is 0 Å². The highest BCUT2D eigenvalue weighted by Crippen LogP contribution is 2.17. The third-order valence-electron chi connectivity index (χ3n) is 5.16. The second-order valence-corrected chi connectivity index (χ2v) is 7.17. The molecule has 1 saturated heterocycles. The first-order valence-corrected chi connectivity index (χ1v) is 9.88. The topological polar surface area (TPSA) is 66.8 Å². The van der Waals surface area contributed by atoms with E-state index >= 15 is 0 Å². The molecule has 1 unspecified atom stereocenters. The first kappa shape index (κ1) is 20.1. The van der Waals surface area contributed by atoms with Gasteiger partial charge in [0.25, 0.3) is 0 Å². The molecule has 1 atom stereocenters. The molecule has 28 heavy (non-hydrogen) atoms. The summed E-state index contributed by atoms with van der Waals surface area (Å²) in [6.07, 6.45) is 3.71. The van der Waals surface area contributed by atoms with E-state index in [4.69, 9.17) is 4.74 Å². The Morgan fingerprint density at radius 2 is 1.79 bits per heavy atom. The van der Waals surface area contributed by atoms with E-state index in [1.807, 2.05) is 23.1 Å². The largest absolute Gasteiger partial charge is 0.478 e. The van der Waals surface area contributed by atoms with Gasteiger partial charge in [-0.3, -0.25) is 4.79 Å². The van der Waals surface area contributed by atoms with E-state index in [0.717, 1.165) is 19.3 Å². The fraction of sp³-hybridized carbons (Fsp3) is 0.391. The number of amides is 1. The highest BCUT2D eigenvalue weighted by Gasteiger charge is 2.26. The number of hydrogen-bond donors (Lipinski definition) is 1. The van der Waals surface area contributed by atoms with Gasteiger partial charge in [0.05, 0.1) is 11.7 Å². The smallest absolute Gasteiger partial charge is 0.335 e. The van der Waals surface area contributed by atoms with Crippen LogP contribution in [0.15, 0.2) is 54.6 Å². The zero-order valence-corrected chi connectivity index (χ0v) is 16.0. The van der Waals surface area contributed by atoms with Gasteiger partial charge in [0.2, 0.25) is 5.91 Å². The Morgan fingerprint density at radius 3 is 2.57 bits per heavy atom. The fourth-order valence-corrected chi connectivity index (χ4v) is 3.61. The molecule has 1 heterocycles. The Bertz CT molecular complexity index is 790. The minimum absolute atomic E-state index is 0.0653. The van der Waals surface area contributed by atoms with E-state index in [1.54, 1.807) is 24.3 Å². The fourth-order valence-electron chi connectivity index (χ4n) is 3.61. The molecule has 0 aliphatic carbocycles. The van der Waals surface area contributed by atoms with Crippen molar-refractivity contribution in [2.75, 3.05) is 19.7 Å². The van der Waals surface area contributed by atoms with Crippen molar-refractivity contribution in [2.45, 2.75) is 38.2 Å². The van der Waals surface area contributed by atoms with Crippen molar-refractivity contribution in [1.29, 1.82) is 0 Å². The van der Waals surface area contributed by atoms with Crippen molar-refractivity contribution in [1.82, 2.24) is 4.90 Å². The average molecular weight is 381 g/mol. The standard InChI is InChI=1S/C23H27NO4/c25-22(13-12-19-10-4-5-11-21(19)23(26)27)24-15-14-20(17-24)28-16-6-9-18-7-2-1-3-8-18/h1-5,7-8,10-11,20H,6,9,12-17H2,(H,26,27). The number of ether oxygens (including phenoxy) is 1. The summed E-state index contributed by atoms with van der Waals surface area (Å²) in [7, 11) is 0. The van der Waals surface area contributed by atoms with Crippen LogP contribution in [0.3, 0.4) is 0 Å². The van der Waals surface area contributed by atoms with Gasteiger partial charge in [0, 0.05) is 26.1 Å². The first-order chi connectivity index (χ1) is 13.6. The Hall–Kier alpha value is -2.66. The number of aromatic carboxylic acids is 1. The van der Waals surface area contributed by atoms with Crippen LogP contribution in [-0.2, 0) is 22.4 Å². The quantitative estimate of drug-likeness (QED) is 0.675. The highest BCUT2D eigenvalue weighted by atomic mass is 16.5. The van der Waals surface area contributed by atoms with Gasteiger partial charge in [-0.05, 0) is 42.9 Å². The first-order valence-electron chi connectivity index (χ1n) is 9.88. The molecule has 1 aliphatic rings. The zero-order chi connectivity index (χ0) is 19.8. The van der Waals surface area contributed by atoms with E-state index < -0.39 is 5.97 Å². The van der Waals surface area contributed by atoms with Crippen LogP contribution in [0.2, 0.25) is 0 Å². The number of aryl methyl sites for hydroxylation is 2. The number of carboxylic acids is 1. The number of carboxylic acid groups (broad SMARTS) is 1. The number of nitrogens with zero attached hydrogens (tertiary/aromatic N) is 1. The third-order valence-corrected chi connectivity index (χ3v) is 5.16. The summed E-state index contributed by atoms with van der Waals surface area (Å²) < 4.78 is 5.95. The molecule has 2 aromatic rings. The van der Waals surface area contributed by atoms with E-state index in [1.165, 1.54) is 5.56 Å². The summed E-state index contributed by atoms with van der Waals surface area (Å²) in [4.78, 5) is 25.6. The second kappa shape index (κ2) is 10.0. The summed E-state index contributed by atoms with van der Waals surface area (Å²) in [6.45, 7) is 2.04. The molecule has 0 saturated carbocycles. The molecule has 148 valence electrons. The van der Waals surface area contributed by atoms with Crippen LogP contribution < -0.4 is 0 Å². The maximum atomic E-state index is 12.5. The van der Waals surface area contributed by atoms with Crippen molar-refractivity contribution >= 4 is 11.9 Å². The van der Waals surface area contributed by atoms with Gasteiger partial charge in [0.15, 0.2) is 0 Å². The van der Waals surface area contributed by atoms with Gasteiger partial charge in [-0.1, -0.05) is 48.5 Å².